The maximum Gasteiger partial charge on any atom is 0.220 e. The van der Waals surface area contributed by atoms with E-state index in [0.29, 0.717) is 6.04 Å². The molecule has 1 atom stereocenters. The molecule has 2 fully saturated rings. The van der Waals surface area contributed by atoms with Crippen molar-refractivity contribution in [2.24, 2.45) is 0 Å². The van der Waals surface area contributed by atoms with Crippen molar-refractivity contribution in [3.05, 3.63) is 0 Å². The van der Waals surface area contributed by atoms with Gasteiger partial charge in [0.2, 0.25) is 5.91 Å². The van der Waals surface area contributed by atoms with Crippen molar-refractivity contribution >= 4 is 5.91 Å². The molecule has 0 aromatic rings. The predicted molar refractivity (Wildman–Crippen MR) is 51.5 cm³/mol. The van der Waals surface area contributed by atoms with Gasteiger partial charge in [0, 0.05) is 19.0 Å². The lowest BCUT2D eigenvalue weighted by Crippen LogP contribution is -2.41. The summed E-state index contributed by atoms with van der Waals surface area (Å²) < 4.78 is 0. The van der Waals surface area contributed by atoms with E-state index in [1.165, 1.54) is 32.4 Å². The van der Waals surface area contributed by atoms with Crippen LogP contribution in [-0.4, -0.2) is 36.5 Å². The topological polar surface area (TPSA) is 32.3 Å². The first-order valence-electron chi connectivity index (χ1n) is 5.36. The molecule has 1 N–H and O–H groups in total. The highest BCUT2D eigenvalue weighted by molar-refractivity contribution is 5.78. The Hall–Kier alpha value is -0.570. The molecular formula is C10H18N2O. The molecule has 0 aliphatic carbocycles. The van der Waals surface area contributed by atoms with Crippen molar-refractivity contribution in [1.29, 1.82) is 0 Å². The van der Waals surface area contributed by atoms with E-state index in [0.717, 1.165) is 19.4 Å². The number of hydrogen-bond donors (Lipinski definition) is 1. The van der Waals surface area contributed by atoms with Crippen LogP contribution in [0.1, 0.15) is 32.1 Å². The van der Waals surface area contributed by atoms with E-state index in [9.17, 15) is 4.79 Å². The highest BCUT2D eigenvalue weighted by Crippen LogP contribution is 2.13. The van der Waals surface area contributed by atoms with Crippen LogP contribution in [0.3, 0.4) is 0 Å². The third-order valence-electron chi connectivity index (χ3n) is 3.01. The monoisotopic (exact) mass is 182 g/mol. The van der Waals surface area contributed by atoms with Gasteiger partial charge in [-0.25, -0.2) is 0 Å². The van der Waals surface area contributed by atoms with E-state index >= 15 is 0 Å². The molecule has 2 aliphatic rings. The van der Waals surface area contributed by atoms with Crippen LogP contribution in [0.15, 0.2) is 0 Å². The van der Waals surface area contributed by atoms with Crippen LogP contribution in [0.4, 0.5) is 0 Å². The minimum atomic E-state index is 0.238. The van der Waals surface area contributed by atoms with Crippen molar-refractivity contribution in [3.63, 3.8) is 0 Å². The lowest BCUT2D eigenvalue weighted by atomic mass is 10.1. The summed E-state index contributed by atoms with van der Waals surface area (Å²) in [6, 6.07) is 0.436. The summed E-state index contributed by atoms with van der Waals surface area (Å²) in [7, 11) is 0. The van der Waals surface area contributed by atoms with E-state index in [1.54, 1.807) is 0 Å². The van der Waals surface area contributed by atoms with Crippen LogP contribution in [0.5, 0.6) is 0 Å². The first-order chi connectivity index (χ1) is 6.34. The van der Waals surface area contributed by atoms with Crippen LogP contribution < -0.4 is 5.32 Å². The number of rotatable bonds is 2. The van der Waals surface area contributed by atoms with Crippen LogP contribution in [0.25, 0.3) is 0 Å². The van der Waals surface area contributed by atoms with Gasteiger partial charge in [-0.3, -0.25) is 4.79 Å². The maximum absolute atomic E-state index is 11.0. The minimum absolute atomic E-state index is 0.238. The lowest BCUT2D eigenvalue weighted by Gasteiger charge is -2.28. The number of amides is 1. The van der Waals surface area contributed by atoms with Gasteiger partial charge in [-0.1, -0.05) is 6.42 Å². The van der Waals surface area contributed by atoms with E-state index < -0.39 is 0 Å². The highest BCUT2D eigenvalue weighted by atomic mass is 16.1. The number of nitrogens with one attached hydrogen (secondary N) is 1. The Morgan fingerprint density at radius 1 is 1.31 bits per heavy atom. The van der Waals surface area contributed by atoms with Gasteiger partial charge >= 0.3 is 0 Å². The molecule has 3 nitrogen and oxygen atoms in total. The average Bonchev–Trinajstić information content (AvgIpc) is 2.53. The average molecular weight is 182 g/mol. The van der Waals surface area contributed by atoms with Crippen molar-refractivity contribution in [2.45, 2.75) is 38.1 Å². The molecule has 0 bridgehead atoms. The summed E-state index contributed by atoms with van der Waals surface area (Å²) >= 11 is 0. The van der Waals surface area contributed by atoms with Crippen LogP contribution in [0.2, 0.25) is 0 Å². The second kappa shape index (κ2) is 4.09. The van der Waals surface area contributed by atoms with Crippen LogP contribution in [-0.2, 0) is 4.79 Å². The number of hydrogen-bond acceptors (Lipinski definition) is 2. The fourth-order valence-electron chi connectivity index (χ4n) is 2.27. The number of piperidine rings is 1. The largest absolute Gasteiger partial charge is 0.352 e. The summed E-state index contributed by atoms with van der Waals surface area (Å²) in [4.78, 5) is 13.5. The minimum Gasteiger partial charge on any atom is -0.352 e. The molecule has 2 aliphatic heterocycles. The zero-order chi connectivity index (χ0) is 9.10. The quantitative estimate of drug-likeness (QED) is 0.683. The smallest absolute Gasteiger partial charge is 0.220 e. The van der Waals surface area contributed by atoms with Gasteiger partial charge in [-0.05, 0) is 32.4 Å². The number of carbonyl (C=O) groups excluding carboxylic acids is 1. The normalized spacial score (nSPS) is 30.5. The van der Waals surface area contributed by atoms with Crippen molar-refractivity contribution in [2.75, 3.05) is 19.6 Å². The number of carbonyl (C=O) groups is 1. The molecule has 0 spiro atoms. The van der Waals surface area contributed by atoms with Gasteiger partial charge in [0.05, 0.1) is 0 Å². The van der Waals surface area contributed by atoms with Gasteiger partial charge in [0.1, 0.15) is 0 Å². The fourth-order valence-corrected chi connectivity index (χ4v) is 2.27. The molecule has 1 unspecified atom stereocenters. The molecule has 0 saturated carbocycles. The summed E-state index contributed by atoms with van der Waals surface area (Å²) in [5.74, 6) is 0.238. The predicted octanol–water partition coefficient (Wildman–Crippen LogP) is 0.751. The van der Waals surface area contributed by atoms with Gasteiger partial charge < -0.3 is 10.2 Å². The first kappa shape index (κ1) is 9.00. The van der Waals surface area contributed by atoms with E-state index in [4.69, 9.17) is 0 Å². The SMILES string of the molecule is O=C1CCC(CN2CCCCC2)N1. The van der Waals surface area contributed by atoms with E-state index in [2.05, 4.69) is 10.2 Å². The molecular weight excluding hydrogens is 164 g/mol. The molecule has 3 heteroatoms. The molecule has 0 radical (unpaired) electrons. The standard InChI is InChI=1S/C10H18N2O/c13-10-5-4-9(11-10)8-12-6-2-1-3-7-12/h9H,1-8H2,(H,11,13). The Morgan fingerprint density at radius 2 is 2.08 bits per heavy atom. The molecule has 2 heterocycles. The molecule has 2 rings (SSSR count). The molecule has 13 heavy (non-hydrogen) atoms. The zero-order valence-corrected chi connectivity index (χ0v) is 8.09. The summed E-state index contributed by atoms with van der Waals surface area (Å²) in [5.41, 5.74) is 0. The summed E-state index contributed by atoms with van der Waals surface area (Å²) in [6.45, 7) is 3.53. The zero-order valence-electron chi connectivity index (χ0n) is 8.09. The first-order valence-corrected chi connectivity index (χ1v) is 5.36. The Labute approximate surface area is 79.5 Å². The Morgan fingerprint density at radius 3 is 2.69 bits per heavy atom. The lowest BCUT2D eigenvalue weighted by molar-refractivity contribution is -0.119. The second-order valence-electron chi connectivity index (χ2n) is 4.16. The molecule has 1 amide bonds. The third kappa shape index (κ3) is 2.44. The van der Waals surface area contributed by atoms with Crippen LogP contribution >= 0.6 is 0 Å². The van der Waals surface area contributed by atoms with E-state index in [-0.39, 0.29) is 5.91 Å². The van der Waals surface area contributed by atoms with Crippen molar-refractivity contribution in [1.82, 2.24) is 10.2 Å². The Bertz CT molecular complexity index is 187. The fraction of sp³-hybridized carbons (Fsp3) is 0.900. The highest BCUT2D eigenvalue weighted by Gasteiger charge is 2.23. The number of nitrogens with zero attached hydrogens (tertiary/aromatic N) is 1. The molecule has 74 valence electrons. The van der Waals surface area contributed by atoms with Crippen LogP contribution in [0, 0.1) is 0 Å². The van der Waals surface area contributed by atoms with Crippen molar-refractivity contribution in [3.8, 4) is 0 Å². The second-order valence-corrected chi connectivity index (χ2v) is 4.16. The number of likely N-dealkylation sites (tertiary alicyclic amines) is 1. The van der Waals surface area contributed by atoms with Gasteiger partial charge in [0.15, 0.2) is 0 Å². The summed E-state index contributed by atoms with van der Waals surface area (Å²) in [5, 5.41) is 3.02. The third-order valence-corrected chi connectivity index (χ3v) is 3.01. The van der Waals surface area contributed by atoms with Gasteiger partial charge in [-0.2, -0.15) is 0 Å². The Kier molecular flexibility index (Phi) is 2.83. The molecule has 0 aromatic heterocycles. The van der Waals surface area contributed by atoms with Gasteiger partial charge in [-0.15, -0.1) is 0 Å². The van der Waals surface area contributed by atoms with Gasteiger partial charge in [0.25, 0.3) is 0 Å². The van der Waals surface area contributed by atoms with E-state index in [1.807, 2.05) is 0 Å². The van der Waals surface area contributed by atoms with Crippen molar-refractivity contribution < 1.29 is 4.79 Å². The molecule has 2 saturated heterocycles. The molecule has 0 aromatic carbocycles. The summed E-state index contributed by atoms with van der Waals surface area (Å²) in [6.07, 6.45) is 5.82. The maximum atomic E-state index is 11.0. The Balaban J connectivity index is 1.73.